The molecule has 0 saturated heterocycles. The zero-order valence-electron chi connectivity index (χ0n) is 12.5. The van der Waals surface area contributed by atoms with E-state index in [0.29, 0.717) is 5.82 Å². The minimum atomic E-state index is -3.54. The summed E-state index contributed by atoms with van der Waals surface area (Å²) in [7, 11) is -3.54. The fraction of sp³-hybridized carbons (Fsp3) is 0.133. The van der Waals surface area contributed by atoms with Gasteiger partial charge in [0.05, 0.1) is 15.3 Å². The van der Waals surface area contributed by atoms with Crippen molar-refractivity contribution in [3.05, 3.63) is 53.2 Å². The number of esters is 1. The third-order valence-electron chi connectivity index (χ3n) is 3.04. The molecule has 0 N–H and O–H groups in total. The van der Waals surface area contributed by atoms with Crippen LogP contribution in [0.3, 0.4) is 0 Å². The van der Waals surface area contributed by atoms with Crippen LogP contribution in [0.1, 0.15) is 16.2 Å². The number of aromatic nitrogens is 2. The quantitative estimate of drug-likeness (QED) is 0.641. The molecule has 2 aromatic heterocycles. The molecule has 0 aliphatic heterocycles. The summed E-state index contributed by atoms with van der Waals surface area (Å²) >= 11 is 1.46. The van der Waals surface area contributed by atoms with Gasteiger partial charge in [0.25, 0.3) is 5.89 Å². The second-order valence-electron chi connectivity index (χ2n) is 4.83. The highest BCUT2D eigenvalue weighted by molar-refractivity contribution is 7.90. The van der Waals surface area contributed by atoms with Crippen molar-refractivity contribution in [1.29, 1.82) is 0 Å². The number of benzene rings is 1. The number of sulfone groups is 1. The standard InChI is InChI=1S/C15H12N2O5S2/c1-24(19,20)12-7-3-2-5-10(12)15(18)21-9-13-16-14(17-22-13)11-6-4-8-23-11/h2-8H,9H2,1H3. The summed E-state index contributed by atoms with van der Waals surface area (Å²) in [6.07, 6.45) is 1.03. The lowest BCUT2D eigenvalue weighted by Gasteiger charge is -2.06. The zero-order chi connectivity index (χ0) is 17.2. The Balaban J connectivity index is 1.73. The van der Waals surface area contributed by atoms with Crippen molar-refractivity contribution in [2.24, 2.45) is 0 Å². The highest BCUT2D eigenvalue weighted by Crippen LogP contribution is 2.22. The monoisotopic (exact) mass is 364 g/mol. The van der Waals surface area contributed by atoms with Crippen LogP contribution in [0.15, 0.2) is 51.2 Å². The molecule has 0 spiro atoms. The van der Waals surface area contributed by atoms with Crippen molar-refractivity contribution >= 4 is 27.1 Å². The molecule has 0 bridgehead atoms. The predicted octanol–water partition coefficient (Wildman–Crippen LogP) is 2.56. The molecule has 3 rings (SSSR count). The van der Waals surface area contributed by atoms with E-state index in [4.69, 9.17) is 9.26 Å². The molecule has 0 radical (unpaired) electrons. The number of carbonyl (C=O) groups is 1. The summed E-state index contributed by atoms with van der Waals surface area (Å²) in [5.41, 5.74) is -0.0296. The second kappa shape index (κ2) is 6.54. The van der Waals surface area contributed by atoms with Gasteiger partial charge in [-0.3, -0.25) is 0 Å². The Labute approximate surface area is 141 Å². The van der Waals surface area contributed by atoms with E-state index in [9.17, 15) is 13.2 Å². The molecular weight excluding hydrogens is 352 g/mol. The highest BCUT2D eigenvalue weighted by Gasteiger charge is 2.20. The number of carbonyl (C=O) groups excluding carboxylic acids is 1. The van der Waals surface area contributed by atoms with E-state index in [1.54, 1.807) is 12.1 Å². The molecule has 124 valence electrons. The highest BCUT2D eigenvalue weighted by atomic mass is 32.2. The van der Waals surface area contributed by atoms with Gasteiger partial charge in [-0.05, 0) is 23.6 Å². The first-order valence-corrected chi connectivity index (χ1v) is 9.55. The molecule has 24 heavy (non-hydrogen) atoms. The second-order valence-corrected chi connectivity index (χ2v) is 7.77. The number of nitrogens with zero attached hydrogens (tertiary/aromatic N) is 2. The first kappa shape index (κ1) is 16.3. The van der Waals surface area contributed by atoms with Gasteiger partial charge in [0, 0.05) is 6.26 Å². The molecule has 0 saturated carbocycles. The maximum atomic E-state index is 12.1. The van der Waals surface area contributed by atoms with Gasteiger partial charge in [-0.1, -0.05) is 23.4 Å². The van der Waals surface area contributed by atoms with Crippen LogP contribution >= 0.6 is 11.3 Å². The summed E-state index contributed by atoms with van der Waals surface area (Å²) in [5, 5.41) is 5.69. The Hall–Kier alpha value is -2.52. The number of hydrogen-bond donors (Lipinski definition) is 0. The van der Waals surface area contributed by atoms with Crippen molar-refractivity contribution in [2.45, 2.75) is 11.5 Å². The molecular formula is C15H12N2O5S2. The normalized spacial score (nSPS) is 11.4. The average molecular weight is 364 g/mol. The Morgan fingerprint density at radius 1 is 1.25 bits per heavy atom. The van der Waals surface area contributed by atoms with Crippen LogP contribution in [0.2, 0.25) is 0 Å². The Morgan fingerprint density at radius 2 is 2.04 bits per heavy atom. The number of hydrogen-bond acceptors (Lipinski definition) is 8. The molecule has 2 heterocycles. The van der Waals surface area contributed by atoms with E-state index in [1.165, 1.54) is 23.5 Å². The summed E-state index contributed by atoms with van der Waals surface area (Å²) in [4.78, 5) is 17.0. The van der Waals surface area contributed by atoms with Crippen molar-refractivity contribution in [2.75, 3.05) is 6.26 Å². The molecule has 3 aromatic rings. The van der Waals surface area contributed by atoms with Crippen LogP contribution in [0.25, 0.3) is 10.7 Å². The topological polar surface area (TPSA) is 99.4 Å². The van der Waals surface area contributed by atoms with Gasteiger partial charge in [-0.2, -0.15) is 4.98 Å². The molecule has 1 aromatic carbocycles. The van der Waals surface area contributed by atoms with E-state index >= 15 is 0 Å². The van der Waals surface area contributed by atoms with Gasteiger partial charge in [-0.25, -0.2) is 13.2 Å². The van der Waals surface area contributed by atoms with Gasteiger partial charge in [0.2, 0.25) is 5.82 Å². The lowest BCUT2D eigenvalue weighted by molar-refractivity contribution is 0.0425. The molecule has 0 amide bonds. The number of ether oxygens (including phenoxy) is 1. The van der Waals surface area contributed by atoms with E-state index in [2.05, 4.69) is 10.1 Å². The Morgan fingerprint density at radius 3 is 2.75 bits per heavy atom. The predicted molar refractivity (Wildman–Crippen MR) is 86.3 cm³/mol. The maximum absolute atomic E-state index is 12.1. The molecule has 0 unspecified atom stereocenters. The molecule has 7 nitrogen and oxygen atoms in total. The lowest BCUT2D eigenvalue weighted by atomic mass is 10.2. The molecule has 9 heteroatoms. The van der Waals surface area contributed by atoms with Crippen molar-refractivity contribution in [3.8, 4) is 10.7 Å². The summed E-state index contributed by atoms with van der Waals surface area (Å²) in [6.45, 7) is -0.241. The third kappa shape index (κ3) is 3.52. The first-order valence-electron chi connectivity index (χ1n) is 6.78. The smallest absolute Gasteiger partial charge is 0.339 e. The van der Waals surface area contributed by atoms with Crippen LogP contribution in [0.4, 0.5) is 0 Å². The van der Waals surface area contributed by atoms with Gasteiger partial charge in [0.1, 0.15) is 0 Å². The van der Waals surface area contributed by atoms with E-state index in [0.717, 1.165) is 11.1 Å². The molecule has 0 aliphatic carbocycles. The fourth-order valence-electron chi connectivity index (χ4n) is 1.98. The van der Waals surface area contributed by atoms with Crippen molar-refractivity contribution in [3.63, 3.8) is 0 Å². The number of rotatable bonds is 5. The minimum absolute atomic E-state index is 0.0296. The van der Waals surface area contributed by atoms with E-state index in [1.807, 2.05) is 17.5 Å². The molecule has 0 atom stereocenters. The van der Waals surface area contributed by atoms with E-state index in [-0.39, 0.29) is 23.0 Å². The van der Waals surface area contributed by atoms with Crippen molar-refractivity contribution < 1.29 is 22.5 Å². The molecule has 0 aliphatic rings. The number of thiophene rings is 1. The lowest BCUT2D eigenvalue weighted by Crippen LogP contribution is -2.11. The van der Waals surface area contributed by atoms with Crippen LogP contribution in [-0.4, -0.2) is 30.8 Å². The zero-order valence-corrected chi connectivity index (χ0v) is 14.1. The van der Waals surface area contributed by atoms with Gasteiger partial charge in [0.15, 0.2) is 16.4 Å². The van der Waals surface area contributed by atoms with Crippen LogP contribution in [0, 0.1) is 0 Å². The third-order valence-corrected chi connectivity index (χ3v) is 5.06. The summed E-state index contributed by atoms with van der Waals surface area (Å²) in [6, 6.07) is 9.55. The first-order chi connectivity index (χ1) is 11.4. The largest absolute Gasteiger partial charge is 0.452 e. The Kier molecular flexibility index (Phi) is 4.45. The van der Waals surface area contributed by atoms with Gasteiger partial charge < -0.3 is 9.26 Å². The van der Waals surface area contributed by atoms with Gasteiger partial charge >= 0.3 is 5.97 Å². The maximum Gasteiger partial charge on any atom is 0.339 e. The molecule has 0 fully saturated rings. The van der Waals surface area contributed by atoms with Crippen LogP contribution in [0.5, 0.6) is 0 Å². The minimum Gasteiger partial charge on any atom is -0.452 e. The van der Waals surface area contributed by atoms with Gasteiger partial charge in [-0.15, -0.1) is 11.3 Å². The Bertz CT molecular complexity index is 961. The SMILES string of the molecule is CS(=O)(=O)c1ccccc1C(=O)OCc1nc(-c2cccs2)no1. The average Bonchev–Trinajstić information content (AvgIpc) is 3.23. The van der Waals surface area contributed by atoms with Crippen molar-refractivity contribution in [1.82, 2.24) is 10.1 Å². The van der Waals surface area contributed by atoms with E-state index < -0.39 is 15.8 Å². The van der Waals surface area contributed by atoms with Crippen LogP contribution in [-0.2, 0) is 21.2 Å². The fourth-order valence-corrected chi connectivity index (χ4v) is 3.51. The summed E-state index contributed by atoms with van der Waals surface area (Å²) in [5.74, 6) is -0.233. The van der Waals surface area contributed by atoms with Crippen LogP contribution < -0.4 is 0 Å². The summed E-state index contributed by atoms with van der Waals surface area (Å²) < 4.78 is 33.5.